The van der Waals surface area contributed by atoms with Crippen molar-refractivity contribution < 1.29 is 0 Å². The van der Waals surface area contributed by atoms with E-state index < -0.39 is 0 Å². The molecule has 0 amide bonds. The Hall–Kier alpha value is -2.33. The van der Waals surface area contributed by atoms with E-state index in [0.29, 0.717) is 0 Å². The third kappa shape index (κ3) is 1.56. The van der Waals surface area contributed by atoms with E-state index in [1.54, 1.807) is 11.3 Å². The van der Waals surface area contributed by atoms with E-state index >= 15 is 0 Å². The topological polar surface area (TPSA) is 38.7 Å². The summed E-state index contributed by atoms with van der Waals surface area (Å²) < 4.78 is 2.43. The average Bonchev–Trinajstić information content (AvgIpc) is 3.01. The number of nitrogens with zero attached hydrogens (tertiary/aromatic N) is 3. The van der Waals surface area contributed by atoms with Crippen molar-refractivity contribution in [2.75, 3.05) is 0 Å². The van der Waals surface area contributed by atoms with Crippen LogP contribution in [0.4, 0.5) is 0 Å². The molecule has 23 heavy (non-hydrogen) atoms. The standard InChI is InChI=1S/C19H15N3S/c1-10-21-9-14-18(22-10)15-13(23-14)7-6-11-16(15)19(2,3)12-5-4-8-20-17(11)12/h4-9H,1-3H3. The normalized spacial score (nSPS) is 15.1. The van der Waals surface area contributed by atoms with Crippen molar-refractivity contribution in [1.82, 2.24) is 15.0 Å². The van der Waals surface area contributed by atoms with E-state index in [-0.39, 0.29) is 5.41 Å². The van der Waals surface area contributed by atoms with E-state index in [4.69, 9.17) is 4.98 Å². The summed E-state index contributed by atoms with van der Waals surface area (Å²) in [6, 6.07) is 8.65. The second-order valence-electron chi connectivity index (χ2n) is 6.62. The highest BCUT2D eigenvalue weighted by Gasteiger charge is 2.38. The Morgan fingerprint density at radius 1 is 1.04 bits per heavy atom. The highest BCUT2D eigenvalue weighted by Crippen LogP contribution is 2.52. The molecule has 0 spiro atoms. The van der Waals surface area contributed by atoms with Gasteiger partial charge in [-0.3, -0.25) is 4.98 Å². The summed E-state index contributed by atoms with van der Waals surface area (Å²) in [6.45, 7) is 6.53. The summed E-state index contributed by atoms with van der Waals surface area (Å²) in [6.07, 6.45) is 3.83. The molecule has 3 aromatic heterocycles. The smallest absolute Gasteiger partial charge is 0.125 e. The molecule has 0 radical (unpaired) electrons. The van der Waals surface area contributed by atoms with E-state index in [1.807, 2.05) is 25.4 Å². The van der Waals surface area contributed by atoms with Crippen LogP contribution in [0.2, 0.25) is 0 Å². The molecule has 5 rings (SSSR count). The second-order valence-corrected chi connectivity index (χ2v) is 7.70. The van der Waals surface area contributed by atoms with Crippen molar-refractivity contribution in [2.24, 2.45) is 0 Å². The lowest BCUT2D eigenvalue weighted by Gasteiger charge is -2.21. The van der Waals surface area contributed by atoms with Gasteiger partial charge in [-0.2, -0.15) is 0 Å². The maximum atomic E-state index is 4.75. The maximum Gasteiger partial charge on any atom is 0.125 e. The van der Waals surface area contributed by atoms with Crippen molar-refractivity contribution in [3.05, 3.63) is 53.6 Å². The molecule has 0 unspecified atom stereocenters. The fourth-order valence-electron chi connectivity index (χ4n) is 3.84. The lowest BCUT2D eigenvalue weighted by Crippen LogP contribution is -2.15. The number of hydrogen-bond donors (Lipinski definition) is 0. The lowest BCUT2D eigenvalue weighted by molar-refractivity contribution is 0.665. The molecule has 4 aromatic rings. The quantitative estimate of drug-likeness (QED) is 0.465. The van der Waals surface area contributed by atoms with Gasteiger partial charge in [-0.25, -0.2) is 9.97 Å². The first kappa shape index (κ1) is 13.1. The summed E-state index contributed by atoms with van der Waals surface area (Å²) in [5.41, 5.74) is 6.02. The van der Waals surface area contributed by atoms with Gasteiger partial charge in [0.2, 0.25) is 0 Å². The predicted molar refractivity (Wildman–Crippen MR) is 95.0 cm³/mol. The van der Waals surface area contributed by atoms with Crippen LogP contribution < -0.4 is 0 Å². The molecule has 1 aliphatic carbocycles. The molecule has 3 nitrogen and oxygen atoms in total. The van der Waals surface area contributed by atoms with Crippen LogP contribution >= 0.6 is 11.3 Å². The number of hydrogen-bond acceptors (Lipinski definition) is 4. The van der Waals surface area contributed by atoms with Crippen LogP contribution in [0.15, 0.2) is 36.7 Å². The Morgan fingerprint density at radius 3 is 2.78 bits per heavy atom. The monoisotopic (exact) mass is 317 g/mol. The van der Waals surface area contributed by atoms with Crippen LogP contribution in [0.25, 0.3) is 31.6 Å². The van der Waals surface area contributed by atoms with E-state index in [2.05, 4.69) is 42.0 Å². The van der Waals surface area contributed by atoms with E-state index in [0.717, 1.165) is 21.7 Å². The molecule has 0 saturated heterocycles. The van der Waals surface area contributed by atoms with Gasteiger partial charge in [0.05, 0.1) is 15.9 Å². The molecule has 0 atom stereocenters. The molecular formula is C19H15N3S. The fraction of sp³-hybridized carbons (Fsp3) is 0.211. The highest BCUT2D eigenvalue weighted by atomic mass is 32.1. The van der Waals surface area contributed by atoms with Crippen molar-refractivity contribution in [2.45, 2.75) is 26.2 Å². The lowest BCUT2D eigenvalue weighted by atomic mass is 9.81. The fourth-order valence-corrected chi connectivity index (χ4v) is 4.86. The number of pyridine rings is 1. The largest absolute Gasteiger partial charge is 0.256 e. The van der Waals surface area contributed by atoms with Gasteiger partial charge in [0.25, 0.3) is 0 Å². The first-order valence-corrected chi connectivity index (χ1v) is 8.54. The average molecular weight is 317 g/mol. The van der Waals surface area contributed by atoms with Crippen molar-refractivity contribution in [1.29, 1.82) is 0 Å². The minimum atomic E-state index is -0.0642. The molecule has 4 heteroatoms. The molecule has 3 heterocycles. The van der Waals surface area contributed by atoms with Crippen LogP contribution in [0.3, 0.4) is 0 Å². The van der Waals surface area contributed by atoms with Gasteiger partial charge in [0, 0.05) is 33.5 Å². The van der Waals surface area contributed by atoms with Gasteiger partial charge >= 0.3 is 0 Å². The summed E-state index contributed by atoms with van der Waals surface area (Å²) in [5.74, 6) is 0.821. The van der Waals surface area contributed by atoms with E-state index in [9.17, 15) is 0 Å². The molecule has 0 aliphatic heterocycles. The summed E-state index contributed by atoms with van der Waals surface area (Å²) in [5, 5.41) is 1.27. The zero-order valence-electron chi connectivity index (χ0n) is 13.2. The van der Waals surface area contributed by atoms with Crippen molar-refractivity contribution in [3.63, 3.8) is 0 Å². The van der Waals surface area contributed by atoms with Crippen LogP contribution in [0.5, 0.6) is 0 Å². The molecule has 0 saturated carbocycles. The summed E-state index contributed by atoms with van der Waals surface area (Å²) >= 11 is 1.77. The van der Waals surface area contributed by atoms with Gasteiger partial charge in [0.15, 0.2) is 0 Å². The Bertz CT molecular complexity index is 1110. The van der Waals surface area contributed by atoms with Gasteiger partial charge in [0.1, 0.15) is 5.82 Å². The Labute approximate surface area is 138 Å². The highest BCUT2D eigenvalue weighted by molar-refractivity contribution is 7.25. The zero-order chi connectivity index (χ0) is 15.8. The minimum absolute atomic E-state index is 0.0642. The van der Waals surface area contributed by atoms with Gasteiger partial charge in [-0.1, -0.05) is 26.0 Å². The molecule has 1 aromatic carbocycles. The first-order chi connectivity index (χ1) is 11.1. The number of thiophene rings is 1. The SMILES string of the molecule is Cc1ncc2sc3ccc4c(c3c2n1)C(C)(C)c1cccnc1-4. The molecule has 0 fully saturated rings. The third-order valence-electron chi connectivity index (χ3n) is 4.86. The van der Waals surface area contributed by atoms with Gasteiger partial charge in [-0.05, 0) is 30.2 Å². The molecular weight excluding hydrogens is 302 g/mol. The molecule has 0 bridgehead atoms. The number of fused-ring (bicyclic) bond motifs is 7. The van der Waals surface area contributed by atoms with E-state index in [1.165, 1.54) is 26.8 Å². The Morgan fingerprint density at radius 2 is 1.91 bits per heavy atom. The van der Waals surface area contributed by atoms with Crippen LogP contribution in [-0.4, -0.2) is 15.0 Å². The molecule has 112 valence electrons. The molecule has 0 N–H and O–H groups in total. The van der Waals surface area contributed by atoms with Gasteiger partial charge in [-0.15, -0.1) is 11.3 Å². The minimum Gasteiger partial charge on any atom is -0.256 e. The van der Waals surface area contributed by atoms with Crippen molar-refractivity contribution in [3.8, 4) is 11.3 Å². The zero-order valence-corrected chi connectivity index (χ0v) is 14.0. The number of benzene rings is 1. The second kappa shape index (κ2) is 4.15. The van der Waals surface area contributed by atoms with Crippen LogP contribution in [0.1, 0.15) is 30.8 Å². The number of aryl methyl sites for hydroxylation is 1. The third-order valence-corrected chi connectivity index (χ3v) is 5.94. The van der Waals surface area contributed by atoms with Gasteiger partial charge < -0.3 is 0 Å². The number of aromatic nitrogens is 3. The Balaban J connectivity index is 2.02. The summed E-state index contributed by atoms with van der Waals surface area (Å²) in [4.78, 5) is 13.8. The Kier molecular flexibility index (Phi) is 2.37. The predicted octanol–water partition coefficient (Wildman–Crippen LogP) is 4.85. The van der Waals surface area contributed by atoms with Crippen LogP contribution in [-0.2, 0) is 5.41 Å². The number of rotatable bonds is 0. The van der Waals surface area contributed by atoms with Crippen LogP contribution in [0, 0.1) is 6.92 Å². The molecule has 1 aliphatic rings. The first-order valence-electron chi connectivity index (χ1n) is 7.72. The maximum absolute atomic E-state index is 4.75. The van der Waals surface area contributed by atoms with Crippen molar-refractivity contribution >= 4 is 31.6 Å². The summed E-state index contributed by atoms with van der Waals surface area (Å²) in [7, 11) is 0.